The Morgan fingerprint density at radius 3 is 2.37 bits per heavy atom. The number of hydrogen-bond donors (Lipinski definition) is 0. The van der Waals surface area contributed by atoms with E-state index in [9.17, 15) is 13.2 Å². The van der Waals surface area contributed by atoms with Crippen molar-refractivity contribution in [1.82, 2.24) is 0 Å². The molecule has 0 radical (unpaired) electrons. The van der Waals surface area contributed by atoms with Gasteiger partial charge in [0.2, 0.25) is 5.90 Å². The first kappa shape index (κ1) is 19.6. The predicted octanol–water partition coefficient (Wildman–Crippen LogP) is 4.11. The molecular formula is C23H17NO5S. The van der Waals surface area contributed by atoms with Crippen molar-refractivity contribution in [3.05, 3.63) is 101 Å². The first-order chi connectivity index (χ1) is 14.4. The number of aryl methyl sites for hydroxylation is 1. The minimum Gasteiger partial charge on any atom is -0.402 e. The number of rotatable bonds is 5. The molecule has 7 heteroatoms. The average Bonchev–Trinajstić information content (AvgIpc) is 3.10. The van der Waals surface area contributed by atoms with Crippen LogP contribution in [0.4, 0.5) is 0 Å². The third-order valence-corrected chi connectivity index (χ3v) is 5.57. The molecular weight excluding hydrogens is 402 g/mol. The van der Waals surface area contributed by atoms with Gasteiger partial charge in [0.15, 0.2) is 5.70 Å². The van der Waals surface area contributed by atoms with Crippen LogP contribution in [0.2, 0.25) is 0 Å². The summed E-state index contributed by atoms with van der Waals surface area (Å²) in [5.74, 6) is -0.124. The second-order valence-electron chi connectivity index (χ2n) is 6.63. The topological polar surface area (TPSA) is 82.0 Å². The van der Waals surface area contributed by atoms with Gasteiger partial charge >= 0.3 is 16.1 Å². The second-order valence-corrected chi connectivity index (χ2v) is 8.17. The Balaban J connectivity index is 1.53. The van der Waals surface area contributed by atoms with Gasteiger partial charge in [0.05, 0.1) is 0 Å². The molecule has 0 fully saturated rings. The fraction of sp³-hybridized carbons (Fsp3) is 0.0435. The van der Waals surface area contributed by atoms with E-state index in [-0.39, 0.29) is 22.2 Å². The van der Waals surface area contributed by atoms with Gasteiger partial charge in [0.1, 0.15) is 10.6 Å². The number of aliphatic imine (C=N–C) groups is 1. The molecule has 1 heterocycles. The molecule has 0 spiro atoms. The summed E-state index contributed by atoms with van der Waals surface area (Å²) in [6.45, 7) is 1.94. The smallest absolute Gasteiger partial charge is 0.363 e. The van der Waals surface area contributed by atoms with Crippen molar-refractivity contribution in [3.63, 3.8) is 0 Å². The zero-order valence-corrected chi connectivity index (χ0v) is 16.8. The lowest BCUT2D eigenvalue weighted by Crippen LogP contribution is -2.09. The zero-order valence-electron chi connectivity index (χ0n) is 16.0. The molecule has 0 unspecified atom stereocenters. The van der Waals surface area contributed by atoms with Gasteiger partial charge in [-0.15, -0.1) is 0 Å². The summed E-state index contributed by atoms with van der Waals surface area (Å²) in [4.78, 5) is 16.5. The highest BCUT2D eigenvalue weighted by Crippen LogP contribution is 2.23. The molecule has 0 bridgehead atoms. The number of benzene rings is 3. The number of hydrogen-bond acceptors (Lipinski definition) is 6. The molecule has 0 aliphatic carbocycles. The number of cyclic esters (lactones) is 1. The van der Waals surface area contributed by atoms with Crippen molar-refractivity contribution in [2.24, 2.45) is 4.99 Å². The molecule has 1 aliphatic rings. The van der Waals surface area contributed by atoms with Gasteiger partial charge in [-0.3, -0.25) is 0 Å². The summed E-state index contributed by atoms with van der Waals surface area (Å²) in [6.07, 6.45) is 1.57. The lowest BCUT2D eigenvalue weighted by atomic mass is 10.1. The zero-order chi connectivity index (χ0) is 21.1. The van der Waals surface area contributed by atoms with Gasteiger partial charge in [-0.1, -0.05) is 48.0 Å². The van der Waals surface area contributed by atoms with Crippen molar-refractivity contribution in [3.8, 4) is 5.75 Å². The largest absolute Gasteiger partial charge is 0.402 e. The van der Waals surface area contributed by atoms with Crippen LogP contribution in [0.1, 0.15) is 16.7 Å². The van der Waals surface area contributed by atoms with E-state index in [1.54, 1.807) is 36.4 Å². The van der Waals surface area contributed by atoms with Crippen LogP contribution in [-0.4, -0.2) is 20.3 Å². The predicted molar refractivity (Wildman–Crippen MR) is 112 cm³/mol. The van der Waals surface area contributed by atoms with Crippen LogP contribution in [0.25, 0.3) is 6.08 Å². The molecule has 4 rings (SSSR count). The highest BCUT2D eigenvalue weighted by Gasteiger charge is 2.24. The van der Waals surface area contributed by atoms with Gasteiger partial charge in [-0.05, 0) is 55.0 Å². The third kappa shape index (κ3) is 4.31. The quantitative estimate of drug-likeness (QED) is 0.353. The van der Waals surface area contributed by atoms with E-state index in [1.165, 1.54) is 24.3 Å². The van der Waals surface area contributed by atoms with Crippen LogP contribution >= 0.6 is 0 Å². The molecule has 150 valence electrons. The third-order valence-electron chi connectivity index (χ3n) is 4.31. The second kappa shape index (κ2) is 7.96. The molecule has 6 nitrogen and oxygen atoms in total. The van der Waals surface area contributed by atoms with Crippen molar-refractivity contribution < 1.29 is 22.1 Å². The summed E-state index contributed by atoms with van der Waals surface area (Å²) in [7, 11) is -3.91. The monoisotopic (exact) mass is 419 g/mol. The highest BCUT2D eigenvalue weighted by molar-refractivity contribution is 7.87. The maximum absolute atomic E-state index is 12.3. The van der Waals surface area contributed by atoms with Crippen LogP contribution in [0.3, 0.4) is 0 Å². The van der Waals surface area contributed by atoms with E-state index in [2.05, 4.69) is 4.99 Å². The van der Waals surface area contributed by atoms with E-state index in [1.807, 2.05) is 31.2 Å². The Labute approximate surface area is 174 Å². The molecule has 0 aromatic heterocycles. The standard InChI is InChI=1S/C23H17NO5S/c1-16-6-5-7-18(14-16)22-24-21(23(25)28-22)15-17-10-12-19(13-11-17)29-30(26,27)20-8-3-2-4-9-20/h2-15H,1H3/b21-15+. The van der Waals surface area contributed by atoms with Gasteiger partial charge in [0, 0.05) is 5.56 Å². The van der Waals surface area contributed by atoms with Gasteiger partial charge in [-0.2, -0.15) is 8.42 Å². The lowest BCUT2D eigenvalue weighted by Gasteiger charge is -2.07. The van der Waals surface area contributed by atoms with E-state index >= 15 is 0 Å². The molecule has 0 saturated carbocycles. The van der Waals surface area contributed by atoms with Gasteiger partial charge in [0.25, 0.3) is 0 Å². The first-order valence-electron chi connectivity index (χ1n) is 9.10. The van der Waals surface area contributed by atoms with E-state index in [4.69, 9.17) is 8.92 Å². The molecule has 3 aromatic carbocycles. The molecule has 1 aliphatic heterocycles. The Morgan fingerprint density at radius 2 is 1.67 bits per heavy atom. The van der Waals surface area contributed by atoms with E-state index < -0.39 is 16.1 Å². The summed E-state index contributed by atoms with van der Waals surface area (Å²) in [6, 6.07) is 21.7. The average molecular weight is 419 g/mol. The van der Waals surface area contributed by atoms with Crippen LogP contribution in [0, 0.1) is 6.92 Å². The highest BCUT2D eigenvalue weighted by atomic mass is 32.2. The fourth-order valence-corrected chi connectivity index (χ4v) is 3.80. The van der Waals surface area contributed by atoms with Gasteiger partial charge < -0.3 is 8.92 Å². The van der Waals surface area contributed by atoms with Crippen LogP contribution in [0.15, 0.2) is 94.4 Å². The number of carbonyl (C=O) groups excluding carboxylic acids is 1. The Morgan fingerprint density at radius 1 is 0.933 bits per heavy atom. The van der Waals surface area contributed by atoms with Crippen molar-refractivity contribution in [2.75, 3.05) is 0 Å². The van der Waals surface area contributed by atoms with E-state index in [0.29, 0.717) is 5.56 Å². The number of nitrogens with zero attached hydrogens (tertiary/aromatic N) is 1. The van der Waals surface area contributed by atoms with Crippen LogP contribution < -0.4 is 4.18 Å². The Hall–Kier alpha value is -3.71. The fourth-order valence-electron chi connectivity index (χ4n) is 2.85. The molecule has 3 aromatic rings. The van der Waals surface area contributed by atoms with Crippen LogP contribution in [0.5, 0.6) is 5.75 Å². The number of ether oxygens (including phenoxy) is 1. The minimum atomic E-state index is -3.91. The molecule has 30 heavy (non-hydrogen) atoms. The summed E-state index contributed by atoms with van der Waals surface area (Å²) >= 11 is 0. The first-order valence-corrected chi connectivity index (χ1v) is 10.5. The molecule has 0 N–H and O–H groups in total. The maximum Gasteiger partial charge on any atom is 0.363 e. The molecule has 0 amide bonds. The lowest BCUT2D eigenvalue weighted by molar-refractivity contribution is -0.129. The normalized spacial score (nSPS) is 15.0. The summed E-state index contributed by atoms with van der Waals surface area (Å²) in [5, 5.41) is 0. The van der Waals surface area contributed by atoms with Crippen molar-refractivity contribution in [2.45, 2.75) is 11.8 Å². The summed E-state index contributed by atoms with van der Waals surface area (Å²) < 4.78 is 35.0. The van der Waals surface area contributed by atoms with Crippen LogP contribution in [-0.2, 0) is 19.6 Å². The number of esters is 1. The van der Waals surface area contributed by atoms with Crippen molar-refractivity contribution in [1.29, 1.82) is 0 Å². The molecule has 0 saturated heterocycles. The number of carbonyl (C=O) groups is 1. The SMILES string of the molecule is Cc1cccc(C2=N/C(=C/c3ccc(OS(=O)(=O)c4ccccc4)cc3)C(=O)O2)c1. The minimum absolute atomic E-state index is 0.0721. The molecule has 0 atom stereocenters. The summed E-state index contributed by atoms with van der Waals surface area (Å²) in [5.41, 5.74) is 2.57. The van der Waals surface area contributed by atoms with Crippen molar-refractivity contribution >= 4 is 28.1 Å². The Bertz CT molecular complexity index is 1260. The maximum atomic E-state index is 12.3. The van der Waals surface area contributed by atoms with E-state index in [0.717, 1.165) is 11.1 Å². The van der Waals surface area contributed by atoms with Gasteiger partial charge in [-0.25, -0.2) is 9.79 Å². The Kier molecular flexibility index (Phi) is 5.20.